The number of aliphatic hydroxyl groups is 1. The summed E-state index contributed by atoms with van der Waals surface area (Å²) in [7, 11) is 1.28. The second-order valence-corrected chi connectivity index (χ2v) is 11.0. The van der Waals surface area contributed by atoms with Gasteiger partial charge in [-0.05, 0) is 51.0 Å². The van der Waals surface area contributed by atoms with Gasteiger partial charge in [0.2, 0.25) is 5.78 Å². The van der Waals surface area contributed by atoms with Gasteiger partial charge in [0, 0.05) is 39.7 Å². The van der Waals surface area contributed by atoms with Crippen LogP contribution in [-0.2, 0) is 11.2 Å². The molecule has 2 aromatic carbocycles. The van der Waals surface area contributed by atoms with Crippen molar-refractivity contribution in [3.63, 3.8) is 0 Å². The number of Topliss-reactive ketones (excluding diaryl/α,β-unsaturated/α-hetero) is 3. The summed E-state index contributed by atoms with van der Waals surface area (Å²) in [4.78, 5) is 40.1. The summed E-state index contributed by atoms with van der Waals surface area (Å²) in [5, 5.41) is 44.8. The van der Waals surface area contributed by atoms with Gasteiger partial charge in [0.15, 0.2) is 28.7 Å². The molecule has 0 aromatic heterocycles. The van der Waals surface area contributed by atoms with Gasteiger partial charge >= 0.3 is 0 Å². The third kappa shape index (κ3) is 3.13. The Labute approximate surface area is 225 Å². The number of hydrogen-bond donors (Lipinski definition) is 4. The smallest absolute Gasteiger partial charge is 0.207 e. The third-order valence-electron chi connectivity index (χ3n) is 8.73. The first-order valence-corrected chi connectivity index (χ1v) is 12.5. The first-order chi connectivity index (χ1) is 18.1. The minimum absolute atomic E-state index is 0.00505. The van der Waals surface area contributed by atoms with E-state index < -0.39 is 46.0 Å². The zero-order chi connectivity index (χ0) is 28.9. The van der Waals surface area contributed by atoms with Crippen molar-refractivity contribution in [3.8, 4) is 23.0 Å². The number of rotatable bonds is 4. The number of aryl methyl sites for hydroxylation is 1. The average Bonchev–Trinajstić information content (AvgIpc) is 3.05. The van der Waals surface area contributed by atoms with E-state index in [1.807, 2.05) is 0 Å². The predicted molar refractivity (Wildman–Crippen MR) is 140 cm³/mol. The van der Waals surface area contributed by atoms with E-state index in [0.717, 1.165) is 0 Å². The maximum atomic E-state index is 14.0. The summed E-state index contributed by atoms with van der Waals surface area (Å²) in [6, 6.07) is 2.70. The van der Waals surface area contributed by atoms with Crippen LogP contribution in [0.3, 0.4) is 0 Å². The lowest BCUT2D eigenvalue weighted by Gasteiger charge is -2.40. The normalized spacial score (nSPS) is 23.0. The van der Waals surface area contributed by atoms with E-state index in [9.17, 15) is 34.8 Å². The van der Waals surface area contributed by atoms with Gasteiger partial charge in [-0.1, -0.05) is 13.8 Å². The fourth-order valence-electron chi connectivity index (χ4n) is 5.92. The summed E-state index contributed by atoms with van der Waals surface area (Å²) in [6.07, 6.45) is -0.864. The fraction of sp³-hybridized carbons (Fsp3) is 0.367. The number of aromatic hydroxyl groups is 3. The summed E-state index contributed by atoms with van der Waals surface area (Å²) < 4.78 is 11.4. The molecule has 5 rings (SSSR count). The number of phenols is 3. The molecule has 4 N–H and O–H groups in total. The van der Waals surface area contributed by atoms with E-state index in [2.05, 4.69) is 0 Å². The Morgan fingerprint density at radius 1 is 1.05 bits per heavy atom. The number of carbonyl (C=O) groups is 3. The monoisotopic (exact) mass is 534 g/mol. The number of allylic oxidation sites excluding steroid dienone is 3. The zero-order valence-corrected chi connectivity index (χ0v) is 22.8. The molecule has 1 heterocycles. The molecule has 0 spiro atoms. The molecule has 2 unspecified atom stereocenters. The van der Waals surface area contributed by atoms with Gasteiger partial charge in [0.25, 0.3) is 0 Å². The van der Waals surface area contributed by atoms with Crippen LogP contribution in [0.15, 0.2) is 29.0 Å². The predicted octanol–water partition coefficient (Wildman–Crippen LogP) is 4.16. The van der Waals surface area contributed by atoms with Gasteiger partial charge < -0.3 is 29.9 Å². The highest BCUT2D eigenvalue weighted by Gasteiger charge is 2.66. The van der Waals surface area contributed by atoms with Crippen LogP contribution in [0.1, 0.15) is 82.4 Å². The molecule has 0 bridgehead atoms. The number of phenolic OH excluding ortho intramolecular Hbond substituents is 3. The minimum Gasteiger partial charge on any atom is -0.507 e. The van der Waals surface area contributed by atoms with E-state index in [1.54, 1.807) is 34.6 Å². The molecule has 2 atom stereocenters. The zero-order valence-electron chi connectivity index (χ0n) is 22.8. The molecule has 9 nitrogen and oxygen atoms in total. The molecular weight excluding hydrogens is 504 g/mol. The van der Waals surface area contributed by atoms with Crippen LogP contribution in [0.4, 0.5) is 0 Å². The summed E-state index contributed by atoms with van der Waals surface area (Å²) >= 11 is 0. The van der Waals surface area contributed by atoms with Crippen molar-refractivity contribution in [2.45, 2.75) is 59.7 Å². The molecule has 9 heteroatoms. The van der Waals surface area contributed by atoms with Gasteiger partial charge in [-0.15, -0.1) is 0 Å². The number of hydrogen-bond acceptors (Lipinski definition) is 9. The number of benzene rings is 2. The Balaban J connectivity index is 1.87. The number of methoxy groups -OCH3 is 1. The molecular formula is C30H30O9. The van der Waals surface area contributed by atoms with Crippen LogP contribution in [-0.4, -0.2) is 56.6 Å². The second kappa shape index (κ2) is 8.19. The number of ketones is 3. The Morgan fingerprint density at radius 3 is 2.28 bits per heavy atom. The molecule has 0 saturated carbocycles. The lowest BCUT2D eigenvalue weighted by atomic mass is 9.62. The van der Waals surface area contributed by atoms with Crippen molar-refractivity contribution in [1.82, 2.24) is 0 Å². The highest BCUT2D eigenvalue weighted by atomic mass is 16.5. The van der Waals surface area contributed by atoms with Crippen molar-refractivity contribution < 1.29 is 44.3 Å². The van der Waals surface area contributed by atoms with E-state index >= 15 is 0 Å². The van der Waals surface area contributed by atoms with Crippen LogP contribution < -0.4 is 4.74 Å². The summed E-state index contributed by atoms with van der Waals surface area (Å²) in [6.45, 7) is 9.59. The molecule has 2 aromatic rings. The average molecular weight is 535 g/mol. The van der Waals surface area contributed by atoms with Crippen LogP contribution in [0.25, 0.3) is 5.57 Å². The third-order valence-corrected chi connectivity index (χ3v) is 8.73. The standard InChI is InChI=1S/C30H30O9/c1-11-8-16(13(3)31)25(34)18(23(11)32)9-15-12(2)20-21-17(24(15)33)10-19(38-7)26(35)22(21)27(36)30(37)28(20)39-14(4)29(30,5)6/h8,10,14,32,34-35,37H,9H2,1-7H3. The van der Waals surface area contributed by atoms with Crippen LogP contribution >= 0.6 is 0 Å². The number of ether oxygens (including phenoxy) is 2. The van der Waals surface area contributed by atoms with Crippen LogP contribution in [0, 0.1) is 12.3 Å². The Kier molecular flexibility index (Phi) is 5.57. The first-order valence-electron chi connectivity index (χ1n) is 12.5. The van der Waals surface area contributed by atoms with Crippen molar-refractivity contribution in [3.05, 3.63) is 62.4 Å². The van der Waals surface area contributed by atoms with Crippen LogP contribution in [0.2, 0.25) is 0 Å². The van der Waals surface area contributed by atoms with E-state index in [0.29, 0.717) is 11.1 Å². The van der Waals surface area contributed by atoms with Gasteiger partial charge in [-0.2, -0.15) is 0 Å². The lowest BCUT2D eigenvalue weighted by molar-refractivity contribution is -0.00670. The van der Waals surface area contributed by atoms with Crippen molar-refractivity contribution in [2.75, 3.05) is 7.11 Å². The Bertz CT molecular complexity index is 1600. The van der Waals surface area contributed by atoms with E-state index in [-0.39, 0.29) is 62.6 Å². The largest absolute Gasteiger partial charge is 0.507 e. The molecule has 39 heavy (non-hydrogen) atoms. The van der Waals surface area contributed by atoms with Crippen molar-refractivity contribution >= 4 is 22.9 Å². The summed E-state index contributed by atoms with van der Waals surface area (Å²) in [5.74, 6) is -3.08. The molecule has 0 radical (unpaired) electrons. The van der Waals surface area contributed by atoms with Gasteiger partial charge in [-0.25, -0.2) is 0 Å². The topological polar surface area (TPSA) is 151 Å². The van der Waals surface area contributed by atoms with Crippen LogP contribution in [0.5, 0.6) is 23.0 Å². The maximum absolute atomic E-state index is 14.0. The Morgan fingerprint density at radius 2 is 1.69 bits per heavy atom. The van der Waals surface area contributed by atoms with Gasteiger partial charge in [0.1, 0.15) is 23.4 Å². The van der Waals surface area contributed by atoms with Crippen molar-refractivity contribution in [2.24, 2.45) is 5.41 Å². The quantitative estimate of drug-likeness (QED) is 0.424. The van der Waals surface area contributed by atoms with E-state index in [4.69, 9.17) is 9.47 Å². The molecule has 204 valence electrons. The number of carbonyl (C=O) groups excluding carboxylic acids is 3. The first kappa shape index (κ1) is 26.5. The maximum Gasteiger partial charge on any atom is 0.207 e. The molecule has 2 aliphatic carbocycles. The molecule has 1 fully saturated rings. The number of fused-ring (bicyclic) bond motifs is 1. The molecule has 0 amide bonds. The second-order valence-electron chi connectivity index (χ2n) is 11.0. The SMILES string of the molecule is COc1cc2c3c(c1O)C(=O)C1(O)C(=C3C(C)=C(Cc3c(O)c(C)cc(C(C)=O)c3O)C2=O)OC(C)C1(C)C. The minimum atomic E-state index is -2.15. The molecule has 3 aliphatic rings. The highest BCUT2D eigenvalue weighted by Crippen LogP contribution is 2.60. The lowest BCUT2D eigenvalue weighted by Crippen LogP contribution is -2.53. The van der Waals surface area contributed by atoms with Crippen molar-refractivity contribution in [1.29, 1.82) is 0 Å². The molecule has 1 saturated heterocycles. The molecule has 1 aliphatic heterocycles. The highest BCUT2D eigenvalue weighted by molar-refractivity contribution is 6.25. The fourth-order valence-corrected chi connectivity index (χ4v) is 5.92. The Hall–Kier alpha value is -4.11. The van der Waals surface area contributed by atoms with Gasteiger partial charge in [-0.3, -0.25) is 14.4 Å². The van der Waals surface area contributed by atoms with Gasteiger partial charge in [0.05, 0.1) is 18.2 Å². The van der Waals surface area contributed by atoms with E-state index in [1.165, 1.54) is 26.2 Å². The summed E-state index contributed by atoms with van der Waals surface area (Å²) in [5.41, 5.74) is -2.21.